The van der Waals surface area contributed by atoms with Crippen molar-refractivity contribution >= 4 is 5.91 Å². The number of alkyl halides is 2. The lowest BCUT2D eigenvalue weighted by Crippen LogP contribution is -2.42. The molecule has 0 spiro atoms. The molecule has 2 aromatic heterocycles. The second-order valence-corrected chi connectivity index (χ2v) is 7.32. The Hall–Kier alpha value is -3.43. The quantitative estimate of drug-likeness (QED) is 0.500. The van der Waals surface area contributed by atoms with E-state index in [1.165, 1.54) is 4.90 Å². The van der Waals surface area contributed by atoms with Gasteiger partial charge >= 0.3 is 0 Å². The first-order valence-electron chi connectivity index (χ1n) is 9.99. The number of rotatable bonds is 8. The Morgan fingerprint density at radius 2 is 2.00 bits per heavy atom. The van der Waals surface area contributed by atoms with Crippen LogP contribution in [0, 0.1) is 12.7 Å². The molecule has 0 fully saturated rings. The summed E-state index contributed by atoms with van der Waals surface area (Å²) < 4.78 is 51.7. The summed E-state index contributed by atoms with van der Waals surface area (Å²) in [7, 11) is 0. The van der Waals surface area contributed by atoms with Crippen LogP contribution in [0.3, 0.4) is 0 Å². The van der Waals surface area contributed by atoms with Crippen molar-refractivity contribution in [2.45, 2.75) is 39.7 Å². The molecule has 2 heterocycles. The first kappa shape index (κ1) is 23.2. The molecule has 3 rings (SSSR count). The predicted molar refractivity (Wildman–Crippen MR) is 110 cm³/mol. The average Bonchev–Trinajstić information content (AvgIpc) is 3.18. The van der Waals surface area contributed by atoms with Gasteiger partial charge < -0.3 is 14.1 Å². The third kappa shape index (κ3) is 5.06. The van der Waals surface area contributed by atoms with Gasteiger partial charge in [0, 0.05) is 32.2 Å². The van der Waals surface area contributed by atoms with Crippen LogP contribution in [0.2, 0.25) is 0 Å². The number of likely N-dealkylation sites (N-methyl/N-ethyl adjacent to an activating group) is 1. The second-order valence-electron chi connectivity index (χ2n) is 7.32. The van der Waals surface area contributed by atoms with Gasteiger partial charge in [-0.25, -0.2) is 18.2 Å². The summed E-state index contributed by atoms with van der Waals surface area (Å²) in [6, 6.07) is 7.06. The normalized spacial score (nSPS) is 12.5. The van der Waals surface area contributed by atoms with Crippen LogP contribution in [-0.2, 0) is 5.92 Å². The van der Waals surface area contributed by atoms with Gasteiger partial charge in [-0.15, -0.1) is 10.2 Å². The molecule has 0 aliphatic carbocycles. The summed E-state index contributed by atoms with van der Waals surface area (Å²) in [6.07, 6.45) is 0.869. The molecule has 10 heteroatoms. The smallest absolute Gasteiger partial charge is 0.272 e. The largest absolute Gasteiger partial charge is 0.473 e. The monoisotopic (exact) mass is 448 g/mol. The van der Waals surface area contributed by atoms with E-state index in [1.54, 1.807) is 45.0 Å². The highest BCUT2D eigenvalue weighted by atomic mass is 19.3. The van der Waals surface area contributed by atoms with Crippen molar-refractivity contribution in [2.24, 2.45) is 0 Å². The van der Waals surface area contributed by atoms with Gasteiger partial charge in [-0.05, 0) is 32.0 Å². The summed E-state index contributed by atoms with van der Waals surface area (Å²) in [5.41, 5.74) is 0.311. The Bertz CT molecular complexity index is 1100. The average molecular weight is 448 g/mol. The molecule has 32 heavy (non-hydrogen) atoms. The van der Waals surface area contributed by atoms with Crippen molar-refractivity contribution in [2.75, 3.05) is 13.2 Å². The number of nitrogens with zero attached hydrogens (tertiary/aromatic N) is 4. The minimum Gasteiger partial charge on any atom is -0.473 e. The number of hydrogen-bond donors (Lipinski definition) is 0. The molecule has 0 aliphatic rings. The number of amides is 1. The molecule has 0 saturated carbocycles. The number of carbonyl (C=O) groups excluding carboxylic acids is 1. The Labute approximate surface area is 183 Å². The number of carbonyl (C=O) groups is 1. The van der Waals surface area contributed by atoms with E-state index in [-0.39, 0.29) is 18.4 Å². The Morgan fingerprint density at radius 3 is 2.59 bits per heavy atom. The van der Waals surface area contributed by atoms with Crippen molar-refractivity contribution in [3.63, 3.8) is 0 Å². The summed E-state index contributed by atoms with van der Waals surface area (Å²) >= 11 is 0. The van der Waals surface area contributed by atoms with Crippen LogP contribution in [0.15, 0.2) is 40.9 Å². The van der Waals surface area contributed by atoms with E-state index in [1.807, 2.05) is 0 Å². The molecule has 0 unspecified atom stereocenters. The van der Waals surface area contributed by atoms with Crippen LogP contribution in [0.1, 0.15) is 42.6 Å². The molecular weight excluding hydrogens is 425 g/mol. The van der Waals surface area contributed by atoms with Crippen LogP contribution in [0.5, 0.6) is 5.88 Å². The molecule has 0 radical (unpaired) electrons. The number of halogens is 3. The van der Waals surface area contributed by atoms with Gasteiger partial charge in [-0.3, -0.25) is 4.79 Å². The fraction of sp³-hybridized carbons (Fsp3) is 0.364. The molecule has 0 N–H and O–H groups in total. The highest BCUT2D eigenvalue weighted by Gasteiger charge is 2.27. The zero-order valence-corrected chi connectivity index (χ0v) is 18.1. The molecule has 170 valence electrons. The van der Waals surface area contributed by atoms with E-state index in [2.05, 4.69) is 15.2 Å². The van der Waals surface area contributed by atoms with E-state index in [0.717, 1.165) is 6.20 Å². The molecule has 7 nitrogen and oxygen atoms in total. The summed E-state index contributed by atoms with van der Waals surface area (Å²) in [6.45, 7) is 6.09. The summed E-state index contributed by atoms with van der Waals surface area (Å²) in [5.74, 6) is -4.32. The Morgan fingerprint density at radius 1 is 1.28 bits per heavy atom. The highest BCUT2D eigenvalue weighted by molar-refractivity contribution is 6.00. The van der Waals surface area contributed by atoms with Crippen molar-refractivity contribution in [1.29, 1.82) is 0 Å². The maximum atomic E-state index is 14.2. The molecule has 0 bridgehead atoms. The summed E-state index contributed by atoms with van der Waals surface area (Å²) in [4.78, 5) is 18.4. The maximum Gasteiger partial charge on any atom is 0.272 e. The zero-order valence-electron chi connectivity index (χ0n) is 18.1. The molecule has 0 saturated heterocycles. The first-order chi connectivity index (χ1) is 15.1. The van der Waals surface area contributed by atoms with E-state index in [4.69, 9.17) is 9.15 Å². The Kier molecular flexibility index (Phi) is 6.81. The second kappa shape index (κ2) is 9.37. The molecule has 1 atom stereocenters. The predicted octanol–water partition coefficient (Wildman–Crippen LogP) is 4.62. The first-order valence-corrected chi connectivity index (χ1v) is 9.99. The van der Waals surface area contributed by atoms with Crippen molar-refractivity contribution in [3.8, 4) is 17.3 Å². The van der Waals surface area contributed by atoms with Gasteiger partial charge in [0.05, 0.1) is 17.2 Å². The van der Waals surface area contributed by atoms with Gasteiger partial charge in [0.2, 0.25) is 17.7 Å². The van der Waals surface area contributed by atoms with Crippen molar-refractivity contribution < 1.29 is 27.1 Å². The molecule has 0 aliphatic heterocycles. The topological polar surface area (TPSA) is 81.4 Å². The minimum atomic E-state index is -3.21. The van der Waals surface area contributed by atoms with E-state index >= 15 is 0 Å². The number of hydrogen-bond acceptors (Lipinski definition) is 6. The Balaban J connectivity index is 1.76. The molecule has 3 aromatic rings. The molecule has 1 aromatic carbocycles. The van der Waals surface area contributed by atoms with Crippen molar-refractivity contribution in [3.05, 3.63) is 59.4 Å². The van der Waals surface area contributed by atoms with E-state index in [9.17, 15) is 18.0 Å². The highest BCUT2D eigenvalue weighted by Crippen LogP contribution is 2.29. The fourth-order valence-corrected chi connectivity index (χ4v) is 3.13. The SMILES string of the molecule is CCN(C(=O)c1ccccc1-c1nnc(C)o1)[C@@H](C)COc1ncc(C(C)(F)F)cc1F. The number of aromatic nitrogens is 3. The van der Waals surface area contributed by atoms with Crippen LogP contribution in [-0.4, -0.2) is 45.2 Å². The van der Waals surface area contributed by atoms with Gasteiger partial charge in [-0.1, -0.05) is 12.1 Å². The number of aryl methyl sites for hydroxylation is 1. The lowest BCUT2D eigenvalue weighted by atomic mass is 10.1. The zero-order chi connectivity index (χ0) is 23.5. The van der Waals surface area contributed by atoms with Crippen LogP contribution >= 0.6 is 0 Å². The van der Waals surface area contributed by atoms with Crippen LogP contribution in [0.25, 0.3) is 11.5 Å². The van der Waals surface area contributed by atoms with Gasteiger partial charge in [0.15, 0.2) is 5.82 Å². The van der Waals surface area contributed by atoms with E-state index < -0.39 is 29.2 Å². The van der Waals surface area contributed by atoms with Crippen LogP contribution < -0.4 is 4.74 Å². The summed E-state index contributed by atoms with van der Waals surface area (Å²) in [5, 5.41) is 7.79. The van der Waals surface area contributed by atoms with Crippen LogP contribution in [0.4, 0.5) is 13.2 Å². The third-order valence-corrected chi connectivity index (χ3v) is 4.82. The standard InChI is InChI=1S/C22H23F3N4O3/c1-5-29(13(2)12-31-20-18(23)10-15(11-26-20)22(4,24)25)21(30)17-9-7-6-8-16(17)19-28-27-14(3)32-19/h6-11,13H,5,12H2,1-4H3/t13-/m0/s1. The lowest BCUT2D eigenvalue weighted by molar-refractivity contribution is 0.0165. The van der Waals surface area contributed by atoms with E-state index in [0.29, 0.717) is 36.6 Å². The number of ether oxygens (including phenoxy) is 1. The maximum absolute atomic E-state index is 14.2. The molecule has 1 amide bonds. The molecular formula is C22H23F3N4O3. The fourth-order valence-electron chi connectivity index (χ4n) is 3.13. The van der Waals surface area contributed by atoms with Gasteiger partial charge in [-0.2, -0.15) is 0 Å². The number of benzene rings is 1. The third-order valence-electron chi connectivity index (χ3n) is 4.82. The van der Waals surface area contributed by atoms with Gasteiger partial charge in [0.25, 0.3) is 11.8 Å². The van der Waals surface area contributed by atoms with Crippen molar-refractivity contribution in [1.82, 2.24) is 20.1 Å². The minimum absolute atomic E-state index is 0.0901. The number of pyridine rings is 1. The van der Waals surface area contributed by atoms with Gasteiger partial charge in [0.1, 0.15) is 6.61 Å². The lowest BCUT2D eigenvalue weighted by Gasteiger charge is -2.28.